The lowest BCUT2D eigenvalue weighted by atomic mass is 10.0. The third kappa shape index (κ3) is 3.36. The summed E-state index contributed by atoms with van der Waals surface area (Å²) in [6.45, 7) is 7.76. The van der Waals surface area contributed by atoms with Gasteiger partial charge in [0.05, 0.1) is 21.8 Å². The number of nitrogens with zero attached hydrogens (tertiary/aromatic N) is 1. The van der Waals surface area contributed by atoms with Crippen LogP contribution in [0.5, 0.6) is 0 Å². The highest BCUT2D eigenvalue weighted by atomic mass is 32.2. The zero-order valence-electron chi connectivity index (χ0n) is 12.7. The molecule has 7 heteroatoms. The maximum atomic E-state index is 13.5. The van der Waals surface area contributed by atoms with Gasteiger partial charge in [-0.1, -0.05) is 0 Å². The van der Waals surface area contributed by atoms with Crippen LogP contribution in [0.25, 0.3) is 0 Å². The Morgan fingerprint density at radius 1 is 1.19 bits per heavy atom. The van der Waals surface area contributed by atoms with E-state index in [2.05, 4.69) is 0 Å². The summed E-state index contributed by atoms with van der Waals surface area (Å²) in [6, 6.07) is 3.54. The first-order valence-electron chi connectivity index (χ1n) is 6.68. The second-order valence-corrected chi connectivity index (χ2v) is 8.52. The number of ether oxygens (including phenoxy) is 1. The highest BCUT2D eigenvalue weighted by Crippen LogP contribution is 2.32. The zero-order valence-corrected chi connectivity index (χ0v) is 13.5. The van der Waals surface area contributed by atoms with Crippen LogP contribution in [0.3, 0.4) is 0 Å². The van der Waals surface area contributed by atoms with Crippen LogP contribution in [0.1, 0.15) is 27.7 Å². The molecule has 1 fully saturated rings. The minimum Gasteiger partial charge on any atom is -0.396 e. The van der Waals surface area contributed by atoms with E-state index in [1.54, 1.807) is 0 Å². The van der Waals surface area contributed by atoms with Crippen molar-refractivity contribution in [2.24, 2.45) is 0 Å². The van der Waals surface area contributed by atoms with Crippen molar-refractivity contribution in [2.45, 2.75) is 43.8 Å². The van der Waals surface area contributed by atoms with Gasteiger partial charge in [0.1, 0.15) is 5.82 Å². The molecular formula is C14H21FN2O3S. The highest BCUT2D eigenvalue weighted by molar-refractivity contribution is 7.89. The van der Waals surface area contributed by atoms with Gasteiger partial charge in [-0.3, -0.25) is 0 Å². The molecule has 1 aliphatic heterocycles. The van der Waals surface area contributed by atoms with Gasteiger partial charge in [0.25, 0.3) is 0 Å². The van der Waals surface area contributed by atoms with Crippen LogP contribution in [0.2, 0.25) is 0 Å². The zero-order chi connectivity index (χ0) is 16.1. The number of anilines is 1. The number of rotatable bonds is 2. The molecule has 0 bridgehead atoms. The Morgan fingerprint density at radius 2 is 1.71 bits per heavy atom. The number of halogens is 1. The van der Waals surface area contributed by atoms with Gasteiger partial charge < -0.3 is 10.5 Å². The molecular weight excluding hydrogens is 295 g/mol. The number of nitrogen functional groups attached to an aromatic ring is 1. The summed E-state index contributed by atoms with van der Waals surface area (Å²) < 4.78 is 46.1. The maximum absolute atomic E-state index is 13.5. The lowest BCUT2D eigenvalue weighted by Crippen LogP contribution is -2.58. The number of hydrogen-bond acceptors (Lipinski definition) is 4. The number of nitrogens with two attached hydrogens (primary N) is 1. The normalized spacial score (nSPS) is 22.1. The van der Waals surface area contributed by atoms with E-state index in [9.17, 15) is 12.8 Å². The molecule has 118 valence electrons. The van der Waals surface area contributed by atoms with Gasteiger partial charge in [-0.05, 0) is 45.9 Å². The predicted molar refractivity (Wildman–Crippen MR) is 78.8 cm³/mol. The second kappa shape index (κ2) is 4.93. The van der Waals surface area contributed by atoms with E-state index in [0.717, 1.165) is 6.07 Å². The van der Waals surface area contributed by atoms with E-state index in [1.807, 2.05) is 27.7 Å². The van der Waals surface area contributed by atoms with Crippen LogP contribution in [0, 0.1) is 5.82 Å². The second-order valence-electron chi connectivity index (χ2n) is 6.58. The Hall–Kier alpha value is -1.18. The number of benzene rings is 1. The lowest BCUT2D eigenvalue weighted by Gasteiger charge is -2.46. The Morgan fingerprint density at radius 3 is 2.19 bits per heavy atom. The van der Waals surface area contributed by atoms with Crippen LogP contribution >= 0.6 is 0 Å². The molecule has 2 rings (SSSR count). The van der Waals surface area contributed by atoms with Crippen LogP contribution in [0.15, 0.2) is 23.1 Å². The van der Waals surface area contributed by atoms with Gasteiger partial charge in [-0.15, -0.1) is 0 Å². The smallest absolute Gasteiger partial charge is 0.243 e. The first-order chi connectivity index (χ1) is 9.43. The summed E-state index contributed by atoms with van der Waals surface area (Å²) >= 11 is 0. The van der Waals surface area contributed by atoms with Gasteiger partial charge in [0.15, 0.2) is 0 Å². The standard InChI is InChI=1S/C14H21FN2O3S/c1-13(2)8-17(9-14(3,4)20-13)21(18,19)10-5-6-12(16)11(15)7-10/h5-7H,8-9,16H2,1-4H3. The highest BCUT2D eigenvalue weighted by Gasteiger charge is 2.43. The molecule has 0 aromatic heterocycles. The minimum absolute atomic E-state index is 0.0726. The van der Waals surface area contributed by atoms with Crippen molar-refractivity contribution in [2.75, 3.05) is 18.8 Å². The first-order valence-corrected chi connectivity index (χ1v) is 8.12. The van der Waals surface area contributed by atoms with Crippen molar-refractivity contribution >= 4 is 15.7 Å². The summed E-state index contributed by atoms with van der Waals surface area (Å²) in [5, 5.41) is 0. The quantitative estimate of drug-likeness (QED) is 0.847. The Balaban J connectivity index is 2.41. The molecule has 0 amide bonds. The van der Waals surface area contributed by atoms with E-state index < -0.39 is 27.0 Å². The molecule has 1 aromatic carbocycles. The summed E-state index contributed by atoms with van der Waals surface area (Å²) in [7, 11) is -3.79. The number of morpholine rings is 1. The first kappa shape index (κ1) is 16.2. The molecule has 1 aliphatic rings. The Kier molecular flexibility index (Phi) is 3.80. The average molecular weight is 316 g/mol. The fraction of sp³-hybridized carbons (Fsp3) is 0.571. The van der Waals surface area contributed by atoms with Crippen molar-refractivity contribution in [3.05, 3.63) is 24.0 Å². The Bertz CT molecular complexity index is 640. The molecule has 0 unspecified atom stereocenters. The molecule has 1 saturated heterocycles. The third-order valence-corrected chi connectivity index (χ3v) is 5.06. The van der Waals surface area contributed by atoms with Gasteiger partial charge in [0, 0.05) is 13.1 Å². The van der Waals surface area contributed by atoms with E-state index in [1.165, 1.54) is 16.4 Å². The molecule has 1 heterocycles. The molecule has 2 N–H and O–H groups in total. The van der Waals surface area contributed by atoms with Crippen LogP contribution in [0.4, 0.5) is 10.1 Å². The number of hydrogen-bond donors (Lipinski definition) is 1. The fourth-order valence-corrected chi connectivity index (χ4v) is 4.46. The average Bonchev–Trinajstić information content (AvgIpc) is 2.28. The SMILES string of the molecule is CC1(C)CN(S(=O)(=O)c2ccc(N)c(F)c2)CC(C)(C)O1. The van der Waals surface area contributed by atoms with Crippen molar-refractivity contribution in [1.29, 1.82) is 0 Å². The van der Waals surface area contributed by atoms with Crippen LogP contribution < -0.4 is 5.73 Å². The summed E-state index contributed by atoms with van der Waals surface area (Å²) in [4.78, 5) is -0.0947. The molecule has 5 nitrogen and oxygen atoms in total. The van der Waals surface area contributed by atoms with Crippen molar-refractivity contribution in [1.82, 2.24) is 4.31 Å². The topological polar surface area (TPSA) is 72.6 Å². The van der Waals surface area contributed by atoms with Crippen molar-refractivity contribution in [3.8, 4) is 0 Å². The summed E-state index contributed by atoms with van der Waals surface area (Å²) in [5.41, 5.74) is 4.10. The molecule has 1 aromatic rings. The largest absolute Gasteiger partial charge is 0.396 e. The fourth-order valence-electron chi connectivity index (χ4n) is 2.71. The molecule has 21 heavy (non-hydrogen) atoms. The van der Waals surface area contributed by atoms with Gasteiger partial charge >= 0.3 is 0 Å². The monoisotopic (exact) mass is 316 g/mol. The van der Waals surface area contributed by atoms with Gasteiger partial charge in [-0.25, -0.2) is 12.8 Å². The van der Waals surface area contributed by atoms with E-state index in [-0.39, 0.29) is 23.7 Å². The van der Waals surface area contributed by atoms with Crippen LogP contribution in [-0.2, 0) is 14.8 Å². The third-order valence-electron chi connectivity index (χ3n) is 3.28. The van der Waals surface area contributed by atoms with Crippen LogP contribution in [-0.4, -0.2) is 37.0 Å². The van der Waals surface area contributed by atoms with E-state index in [4.69, 9.17) is 10.5 Å². The van der Waals surface area contributed by atoms with Gasteiger partial charge in [-0.2, -0.15) is 4.31 Å². The molecule has 0 spiro atoms. The minimum atomic E-state index is -3.79. The molecule has 0 saturated carbocycles. The molecule has 0 atom stereocenters. The predicted octanol–water partition coefficient (Wildman–Crippen LogP) is 1.99. The number of sulfonamides is 1. The molecule has 0 aliphatic carbocycles. The van der Waals surface area contributed by atoms with E-state index in [0.29, 0.717) is 0 Å². The van der Waals surface area contributed by atoms with Crippen molar-refractivity contribution < 1.29 is 17.5 Å². The Labute approximate surface area is 124 Å². The lowest BCUT2D eigenvalue weighted by molar-refractivity contribution is -0.163. The van der Waals surface area contributed by atoms with E-state index >= 15 is 0 Å². The summed E-state index contributed by atoms with van der Waals surface area (Å²) in [6.07, 6.45) is 0. The van der Waals surface area contributed by atoms with Gasteiger partial charge in [0.2, 0.25) is 10.0 Å². The van der Waals surface area contributed by atoms with Crippen molar-refractivity contribution in [3.63, 3.8) is 0 Å². The summed E-state index contributed by atoms with van der Waals surface area (Å²) in [5.74, 6) is -0.733. The maximum Gasteiger partial charge on any atom is 0.243 e. The molecule has 0 radical (unpaired) electrons.